The molecule has 1 amide bonds. The van der Waals surface area contributed by atoms with E-state index in [1.807, 2.05) is 11.8 Å². The number of nitrogens with one attached hydrogen (secondary N) is 1. The highest BCUT2D eigenvalue weighted by Crippen LogP contribution is 2.24. The third kappa shape index (κ3) is 4.31. The summed E-state index contributed by atoms with van der Waals surface area (Å²) in [6.07, 6.45) is 2.86. The van der Waals surface area contributed by atoms with Crippen molar-refractivity contribution in [3.63, 3.8) is 0 Å². The zero-order valence-corrected chi connectivity index (χ0v) is 10.9. The third-order valence-corrected chi connectivity index (χ3v) is 4.36. The molecule has 0 aromatic carbocycles. The molecule has 1 saturated heterocycles. The lowest BCUT2D eigenvalue weighted by atomic mass is 10.2. The van der Waals surface area contributed by atoms with Gasteiger partial charge in [0.1, 0.15) is 6.10 Å². The van der Waals surface area contributed by atoms with Gasteiger partial charge in [-0.05, 0) is 24.5 Å². The lowest BCUT2D eigenvalue weighted by Crippen LogP contribution is -2.39. The average Bonchev–Trinajstić information content (AvgIpc) is 2.76. The quantitative estimate of drug-likeness (QED) is 0.421. The van der Waals surface area contributed by atoms with Crippen LogP contribution in [0.4, 0.5) is 0 Å². The summed E-state index contributed by atoms with van der Waals surface area (Å²) in [5.41, 5.74) is 2.14. The van der Waals surface area contributed by atoms with Crippen LogP contribution < -0.4 is 11.3 Å². The SMILES string of the molecule is CCC(C)CSCC1CCC(C(=O)NN)O1. The maximum absolute atomic E-state index is 11.2. The van der Waals surface area contributed by atoms with Crippen LogP contribution in [-0.4, -0.2) is 29.6 Å². The molecular weight excluding hydrogens is 224 g/mol. The highest BCUT2D eigenvalue weighted by atomic mass is 32.2. The van der Waals surface area contributed by atoms with Crippen molar-refractivity contribution in [3.05, 3.63) is 0 Å². The number of amides is 1. The largest absolute Gasteiger partial charge is 0.364 e. The van der Waals surface area contributed by atoms with Crippen LogP contribution in [0, 0.1) is 5.92 Å². The summed E-state index contributed by atoms with van der Waals surface area (Å²) < 4.78 is 5.62. The standard InChI is InChI=1S/C11H22N2O2S/c1-3-8(2)6-16-7-9-4-5-10(15-9)11(14)13-12/h8-10H,3-7,12H2,1-2H3,(H,13,14). The van der Waals surface area contributed by atoms with Crippen molar-refractivity contribution < 1.29 is 9.53 Å². The minimum Gasteiger partial charge on any atom is -0.364 e. The predicted molar refractivity (Wildman–Crippen MR) is 67.0 cm³/mol. The maximum atomic E-state index is 11.2. The second-order valence-corrected chi connectivity index (χ2v) is 5.46. The van der Waals surface area contributed by atoms with Gasteiger partial charge in [0.05, 0.1) is 6.10 Å². The van der Waals surface area contributed by atoms with Crippen LogP contribution in [0.15, 0.2) is 0 Å². The summed E-state index contributed by atoms with van der Waals surface area (Å²) in [4.78, 5) is 11.2. The van der Waals surface area contributed by atoms with E-state index in [4.69, 9.17) is 10.6 Å². The smallest absolute Gasteiger partial charge is 0.263 e. The van der Waals surface area contributed by atoms with Gasteiger partial charge < -0.3 is 4.74 Å². The van der Waals surface area contributed by atoms with Crippen molar-refractivity contribution in [2.45, 2.75) is 45.3 Å². The number of hydrazine groups is 1. The molecule has 5 heteroatoms. The summed E-state index contributed by atoms with van der Waals surface area (Å²) >= 11 is 1.92. The number of carbonyl (C=O) groups excluding carboxylic acids is 1. The fraction of sp³-hybridized carbons (Fsp3) is 0.909. The van der Waals surface area contributed by atoms with E-state index >= 15 is 0 Å². The maximum Gasteiger partial charge on any atom is 0.263 e. The van der Waals surface area contributed by atoms with Crippen molar-refractivity contribution >= 4 is 17.7 Å². The van der Waals surface area contributed by atoms with Gasteiger partial charge in [-0.15, -0.1) is 0 Å². The topological polar surface area (TPSA) is 64.4 Å². The Balaban J connectivity index is 2.14. The Morgan fingerprint density at radius 1 is 1.62 bits per heavy atom. The molecule has 3 unspecified atom stereocenters. The Morgan fingerprint density at radius 2 is 2.38 bits per heavy atom. The molecule has 16 heavy (non-hydrogen) atoms. The molecule has 1 rings (SSSR count). The van der Waals surface area contributed by atoms with Crippen molar-refractivity contribution in [2.75, 3.05) is 11.5 Å². The van der Waals surface area contributed by atoms with Gasteiger partial charge in [0, 0.05) is 5.75 Å². The number of ether oxygens (including phenoxy) is 1. The van der Waals surface area contributed by atoms with Crippen LogP contribution in [0.3, 0.4) is 0 Å². The Bertz CT molecular complexity index is 226. The van der Waals surface area contributed by atoms with Crippen LogP contribution in [0.5, 0.6) is 0 Å². The van der Waals surface area contributed by atoms with Crippen LogP contribution in [0.25, 0.3) is 0 Å². The van der Waals surface area contributed by atoms with Crippen molar-refractivity contribution in [3.8, 4) is 0 Å². The lowest BCUT2D eigenvalue weighted by Gasteiger charge is -2.13. The lowest BCUT2D eigenvalue weighted by molar-refractivity contribution is -0.131. The predicted octanol–water partition coefficient (Wildman–Crippen LogP) is 1.30. The normalized spacial score (nSPS) is 26.7. The van der Waals surface area contributed by atoms with Crippen LogP contribution in [0.1, 0.15) is 33.1 Å². The van der Waals surface area contributed by atoms with E-state index in [0.717, 1.165) is 24.5 Å². The molecule has 0 bridgehead atoms. The summed E-state index contributed by atoms with van der Waals surface area (Å²) in [5, 5.41) is 0. The first-order valence-electron chi connectivity index (χ1n) is 5.91. The molecular formula is C11H22N2O2S. The molecule has 0 spiro atoms. The molecule has 1 aliphatic heterocycles. The van der Waals surface area contributed by atoms with Gasteiger partial charge in [0.25, 0.3) is 5.91 Å². The average molecular weight is 246 g/mol. The minimum absolute atomic E-state index is 0.200. The number of rotatable bonds is 6. The summed E-state index contributed by atoms with van der Waals surface area (Å²) in [7, 11) is 0. The molecule has 3 atom stereocenters. The van der Waals surface area contributed by atoms with E-state index in [0.29, 0.717) is 0 Å². The monoisotopic (exact) mass is 246 g/mol. The third-order valence-electron chi connectivity index (χ3n) is 2.95. The van der Waals surface area contributed by atoms with Gasteiger partial charge in [-0.3, -0.25) is 10.2 Å². The molecule has 94 valence electrons. The Morgan fingerprint density at radius 3 is 3.00 bits per heavy atom. The van der Waals surface area contributed by atoms with Crippen LogP contribution >= 0.6 is 11.8 Å². The molecule has 1 aliphatic rings. The zero-order chi connectivity index (χ0) is 12.0. The second kappa shape index (κ2) is 7.14. The second-order valence-electron chi connectivity index (χ2n) is 4.38. The molecule has 1 fully saturated rings. The summed E-state index contributed by atoms with van der Waals surface area (Å²) in [6, 6.07) is 0. The molecule has 1 heterocycles. The molecule has 0 aromatic rings. The number of thioether (sulfide) groups is 1. The van der Waals surface area contributed by atoms with E-state index < -0.39 is 0 Å². The number of nitrogens with two attached hydrogens (primary N) is 1. The minimum atomic E-state index is -0.334. The van der Waals surface area contributed by atoms with Crippen molar-refractivity contribution in [1.29, 1.82) is 0 Å². The molecule has 0 saturated carbocycles. The van der Waals surface area contributed by atoms with Crippen molar-refractivity contribution in [2.24, 2.45) is 11.8 Å². The van der Waals surface area contributed by atoms with Gasteiger partial charge in [-0.25, -0.2) is 5.84 Å². The number of hydrogen-bond donors (Lipinski definition) is 2. The highest BCUT2D eigenvalue weighted by Gasteiger charge is 2.29. The summed E-state index contributed by atoms with van der Waals surface area (Å²) in [6.45, 7) is 4.46. The molecule has 0 aliphatic carbocycles. The number of carbonyl (C=O) groups is 1. The van der Waals surface area contributed by atoms with Crippen LogP contribution in [0.2, 0.25) is 0 Å². The van der Waals surface area contributed by atoms with Crippen molar-refractivity contribution in [1.82, 2.24) is 5.43 Å². The van der Waals surface area contributed by atoms with Gasteiger partial charge >= 0.3 is 0 Å². The molecule has 3 N–H and O–H groups in total. The van der Waals surface area contributed by atoms with E-state index in [-0.39, 0.29) is 18.1 Å². The first-order chi connectivity index (χ1) is 7.67. The van der Waals surface area contributed by atoms with Crippen LogP contribution in [-0.2, 0) is 9.53 Å². The first kappa shape index (κ1) is 13.8. The van der Waals surface area contributed by atoms with E-state index in [9.17, 15) is 4.79 Å². The molecule has 0 radical (unpaired) electrons. The summed E-state index contributed by atoms with van der Waals surface area (Å²) in [5.74, 6) is 7.79. The van der Waals surface area contributed by atoms with Gasteiger partial charge in [0.15, 0.2) is 0 Å². The number of hydrogen-bond acceptors (Lipinski definition) is 4. The first-order valence-corrected chi connectivity index (χ1v) is 7.06. The molecule has 0 aromatic heterocycles. The Labute approximate surface area is 102 Å². The fourth-order valence-corrected chi connectivity index (χ4v) is 2.91. The highest BCUT2D eigenvalue weighted by molar-refractivity contribution is 7.99. The molecule has 4 nitrogen and oxygen atoms in total. The van der Waals surface area contributed by atoms with Gasteiger partial charge in [-0.1, -0.05) is 20.3 Å². The van der Waals surface area contributed by atoms with E-state index in [2.05, 4.69) is 19.3 Å². The van der Waals surface area contributed by atoms with Gasteiger partial charge in [-0.2, -0.15) is 11.8 Å². The fourth-order valence-electron chi connectivity index (χ4n) is 1.63. The Hall–Kier alpha value is -0.260. The Kier molecular flexibility index (Phi) is 6.16. The van der Waals surface area contributed by atoms with E-state index in [1.165, 1.54) is 12.2 Å². The zero-order valence-electron chi connectivity index (χ0n) is 10.1. The van der Waals surface area contributed by atoms with E-state index in [1.54, 1.807) is 0 Å². The van der Waals surface area contributed by atoms with Gasteiger partial charge in [0.2, 0.25) is 0 Å².